The van der Waals surface area contributed by atoms with E-state index in [1.807, 2.05) is 0 Å². The summed E-state index contributed by atoms with van der Waals surface area (Å²) >= 11 is 0. The molecule has 0 atom stereocenters. The maximum Gasteiger partial charge on any atom is 0.220 e. The molecule has 0 aromatic heterocycles. The van der Waals surface area contributed by atoms with Crippen molar-refractivity contribution in [3.63, 3.8) is 0 Å². The molecule has 1 aromatic carbocycles. The van der Waals surface area contributed by atoms with Gasteiger partial charge in [0.1, 0.15) is 0 Å². The first-order chi connectivity index (χ1) is 12.2. The van der Waals surface area contributed by atoms with Gasteiger partial charge in [0.2, 0.25) is 5.91 Å². The van der Waals surface area contributed by atoms with Crippen molar-refractivity contribution >= 4 is 5.91 Å². The van der Waals surface area contributed by atoms with Gasteiger partial charge in [0.15, 0.2) is 0 Å². The third-order valence-corrected chi connectivity index (χ3v) is 6.03. The van der Waals surface area contributed by atoms with Crippen LogP contribution >= 0.6 is 0 Å². The molecule has 2 aliphatic heterocycles. The smallest absolute Gasteiger partial charge is 0.220 e. The highest BCUT2D eigenvalue weighted by Crippen LogP contribution is 2.36. The second kappa shape index (κ2) is 8.81. The fourth-order valence-corrected chi connectivity index (χ4v) is 4.33. The van der Waals surface area contributed by atoms with Crippen LogP contribution in [0.1, 0.15) is 49.7 Å². The summed E-state index contributed by atoms with van der Waals surface area (Å²) in [5.41, 5.74) is 2.71. The summed E-state index contributed by atoms with van der Waals surface area (Å²) in [5, 5.41) is 6.63. The van der Waals surface area contributed by atoms with Crippen LogP contribution < -0.4 is 10.6 Å². The van der Waals surface area contributed by atoms with Crippen molar-refractivity contribution in [2.24, 2.45) is 5.92 Å². The minimum absolute atomic E-state index is 0.0218. The zero-order valence-electron chi connectivity index (χ0n) is 15.5. The van der Waals surface area contributed by atoms with Gasteiger partial charge in [-0.05, 0) is 69.2 Å². The molecule has 138 valence electrons. The third kappa shape index (κ3) is 4.83. The minimum Gasteiger partial charge on any atom is -0.381 e. The van der Waals surface area contributed by atoms with Crippen LogP contribution in [-0.2, 0) is 14.9 Å². The number of carbonyl (C=O) groups excluding carboxylic acids is 1. The second-order valence-electron chi connectivity index (χ2n) is 7.72. The van der Waals surface area contributed by atoms with Crippen molar-refractivity contribution in [2.75, 3.05) is 32.8 Å². The Morgan fingerprint density at radius 1 is 1.24 bits per heavy atom. The second-order valence-corrected chi connectivity index (χ2v) is 7.72. The first kappa shape index (κ1) is 18.4. The first-order valence-electron chi connectivity index (χ1n) is 9.81. The molecule has 1 amide bonds. The Hall–Kier alpha value is -1.39. The average molecular weight is 344 g/mol. The molecule has 0 unspecified atom stereocenters. The predicted octanol–water partition coefficient (Wildman–Crippen LogP) is 2.94. The van der Waals surface area contributed by atoms with Gasteiger partial charge in [-0.2, -0.15) is 0 Å². The van der Waals surface area contributed by atoms with Crippen molar-refractivity contribution in [1.29, 1.82) is 0 Å². The Labute approximate surface area is 151 Å². The minimum atomic E-state index is 0.0218. The van der Waals surface area contributed by atoms with E-state index in [0.717, 1.165) is 52.1 Å². The number of nitrogens with one attached hydrogen (secondary N) is 2. The molecule has 25 heavy (non-hydrogen) atoms. The Kier molecular flexibility index (Phi) is 6.49. The van der Waals surface area contributed by atoms with Crippen molar-refractivity contribution < 1.29 is 9.53 Å². The molecule has 1 aromatic rings. The number of hydrogen-bond acceptors (Lipinski definition) is 3. The molecule has 0 bridgehead atoms. The van der Waals surface area contributed by atoms with E-state index in [2.05, 4.69) is 41.8 Å². The lowest BCUT2D eigenvalue weighted by molar-refractivity contribution is -0.122. The normalized spacial score (nSPS) is 21.0. The van der Waals surface area contributed by atoms with Gasteiger partial charge in [0.05, 0.1) is 0 Å². The van der Waals surface area contributed by atoms with E-state index < -0.39 is 0 Å². The summed E-state index contributed by atoms with van der Waals surface area (Å²) < 4.78 is 5.60. The summed E-state index contributed by atoms with van der Waals surface area (Å²) in [5.74, 6) is 0.915. The van der Waals surface area contributed by atoms with Gasteiger partial charge in [0, 0.05) is 31.6 Å². The van der Waals surface area contributed by atoms with E-state index >= 15 is 0 Å². The Morgan fingerprint density at radius 2 is 1.96 bits per heavy atom. The highest BCUT2D eigenvalue weighted by Gasteiger charge is 2.35. The predicted molar refractivity (Wildman–Crippen MR) is 101 cm³/mol. The van der Waals surface area contributed by atoms with Gasteiger partial charge in [-0.3, -0.25) is 4.79 Å². The molecule has 2 heterocycles. The molecular formula is C21H32N2O2. The molecule has 0 saturated carbocycles. The quantitative estimate of drug-likeness (QED) is 0.834. The van der Waals surface area contributed by atoms with Gasteiger partial charge in [0.25, 0.3) is 0 Å². The number of piperidine rings is 1. The number of hydrogen-bond donors (Lipinski definition) is 2. The number of ether oxygens (including phenoxy) is 1. The Balaban J connectivity index is 1.57. The fourth-order valence-electron chi connectivity index (χ4n) is 4.33. The number of rotatable bonds is 6. The number of benzene rings is 1. The first-order valence-corrected chi connectivity index (χ1v) is 9.81. The maximum atomic E-state index is 12.4. The summed E-state index contributed by atoms with van der Waals surface area (Å²) in [6.45, 7) is 6.65. The lowest BCUT2D eigenvalue weighted by atomic mass is 9.72. The molecule has 4 nitrogen and oxygen atoms in total. The van der Waals surface area contributed by atoms with E-state index in [-0.39, 0.29) is 11.3 Å². The highest BCUT2D eigenvalue weighted by molar-refractivity contribution is 5.76. The van der Waals surface area contributed by atoms with Crippen LogP contribution in [0.2, 0.25) is 0 Å². The molecule has 2 fully saturated rings. The zero-order chi connectivity index (χ0) is 17.5. The van der Waals surface area contributed by atoms with E-state index in [0.29, 0.717) is 12.3 Å². The number of amides is 1. The Morgan fingerprint density at radius 3 is 2.68 bits per heavy atom. The largest absolute Gasteiger partial charge is 0.381 e. The molecule has 2 N–H and O–H groups in total. The van der Waals surface area contributed by atoms with Crippen LogP contribution in [-0.4, -0.2) is 38.8 Å². The van der Waals surface area contributed by atoms with Crippen LogP contribution in [0.25, 0.3) is 0 Å². The molecule has 2 aliphatic rings. The van der Waals surface area contributed by atoms with Gasteiger partial charge in [-0.25, -0.2) is 0 Å². The van der Waals surface area contributed by atoms with Gasteiger partial charge in [-0.15, -0.1) is 0 Å². The van der Waals surface area contributed by atoms with E-state index in [1.165, 1.54) is 24.0 Å². The molecular weight excluding hydrogens is 312 g/mol. The van der Waals surface area contributed by atoms with Crippen molar-refractivity contribution in [2.45, 2.75) is 50.9 Å². The van der Waals surface area contributed by atoms with Crippen molar-refractivity contribution in [3.8, 4) is 0 Å². The van der Waals surface area contributed by atoms with Crippen LogP contribution in [0.5, 0.6) is 0 Å². The van der Waals surface area contributed by atoms with Crippen LogP contribution in [0.3, 0.4) is 0 Å². The van der Waals surface area contributed by atoms with E-state index in [4.69, 9.17) is 4.74 Å². The van der Waals surface area contributed by atoms with Crippen LogP contribution in [0.4, 0.5) is 0 Å². The van der Waals surface area contributed by atoms with Crippen molar-refractivity contribution in [3.05, 3.63) is 35.4 Å². The lowest BCUT2D eigenvalue weighted by Gasteiger charge is -2.39. The molecule has 0 aliphatic carbocycles. The summed E-state index contributed by atoms with van der Waals surface area (Å²) in [6, 6.07) is 8.59. The van der Waals surface area contributed by atoms with Crippen LogP contribution in [0, 0.1) is 12.8 Å². The standard InChI is InChI=1S/C21H32N2O2/c1-17-4-2-3-5-19(17)21(10-14-25-15-11-21)16-23-20(24)7-6-18-8-12-22-13-9-18/h2-5,18,22H,6-16H2,1H3,(H,23,24). The molecule has 0 spiro atoms. The van der Waals surface area contributed by atoms with Crippen molar-refractivity contribution in [1.82, 2.24) is 10.6 Å². The van der Waals surface area contributed by atoms with E-state index in [1.54, 1.807) is 0 Å². The fraction of sp³-hybridized carbons (Fsp3) is 0.667. The molecule has 3 rings (SSSR count). The molecule has 4 heteroatoms. The topological polar surface area (TPSA) is 50.4 Å². The summed E-state index contributed by atoms with van der Waals surface area (Å²) in [7, 11) is 0. The SMILES string of the molecule is Cc1ccccc1C1(CNC(=O)CCC2CCNCC2)CCOCC1. The number of carbonyl (C=O) groups is 1. The van der Waals surface area contributed by atoms with Gasteiger partial charge >= 0.3 is 0 Å². The average Bonchev–Trinajstić information content (AvgIpc) is 2.67. The third-order valence-electron chi connectivity index (χ3n) is 6.03. The monoisotopic (exact) mass is 344 g/mol. The zero-order valence-corrected chi connectivity index (χ0v) is 15.5. The maximum absolute atomic E-state index is 12.4. The van der Waals surface area contributed by atoms with E-state index in [9.17, 15) is 4.79 Å². The summed E-state index contributed by atoms with van der Waals surface area (Å²) in [4.78, 5) is 12.4. The van der Waals surface area contributed by atoms with Crippen LogP contribution in [0.15, 0.2) is 24.3 Å². The lowest BCUT2D eigenvalue weighted by Crippen LogP contribution is -2.45. The van der Waals surface area contributed by atoms with Gasteiger partial charge in [-0.1, -0.05) is 24.3 Å². The Bertz CT molecular complexity index is 561. The highest BCUT2D eigenvalue weighted by atomic mass is 16.5. The summed E-state index contributed by atoms with van der Waals surface area (Å²) in [6.07, 6.45) is 6.05. The molecule has 2 saturated heterocycles. The van der Waals surface area contributed by atoms with Gasteiger partial charge < -0.3 is 15.4 Å². The molecule has 0 radical (unpaired) electrons. The number of aryl methyl sites for hydroxylation is 1.